The van der Waals surface area contributed by atoms with Crippen molar-refractivity contribution in [3.63, 3.8) is 0 Å². The summed E-state index contributed by atoms with van der Waals surface area (Å²) in [6.45, 7) is 2.34. The van der Waals surface area contributed by atoms with Gasteiger partial charge in [0.25, 0.3) is 0 Å². The molecule has 0 spiro atoms. The van der Waals surface area contributed by atoms with Crippen LogP contribution in [-0.4, -0.2) is 44.1 Å². The number of aromatic nitrogens is 4. The van der Waals surface area contributed by atoms with Gasteiger partial charge in [0.1, 0.15) is 17.1 Å². The zero-order valence-corrected chi connectivity index (χ0v) is 18.6. The predicted molar refractivity (Wildman–Crippen MR) is 125 cm³/mol. The Hall–Kier alpha value is -3.20. The van der Waals surface area contributed by atoms with Crippen molar-refractivity contribution in [3.8, 4) is 22.4 Å². The topological polar surface area (TPSA) is 115 Å². The number of amides is 1. The second-order valence-corrected chi connectivity index (χ2v) is 8.74. The number of benzene rings is 2. The number of carbonyl (C=O) groups is 1. The van der Waals surface area contributed by atoms with Gasteiger partial charge in [-0.2, -0.15) is 19.6 Å². The number of hydrogen-bond acceptors (Lipinski definition) is 6. The Balaban J connectivity index is 1.72. The Morgan fingerprint density at radius 3 is 2.41 bits per heavy atom. The highest BCUT2D eigenvalue weighted by Gasteiger charge is 2.46. The zero-order valence-electron chi connectivity index (χ0n) is 17.1. The number of hydrogen-bond donors (Lipinski definition) is 2. The van der Waals surface area contributed by atoms with Gasteiger partial charge in [-0.25, -0.2) is 0 Å². The molecule has 2 aromatic carbocycles. The molecule has 1 aliphatic rings. The van der Waals surface area contributed by atoms with E-state index in [2.05, 4.69) is 4.98 Å². The summed E-state index contributed by atoms with van der Waals surface area (Å²) in [7, 11) is 0. The first-order valence-corrected chi connectivity index (χ1v) is 10.6. The van der Waals surface area contributed by atoms with Crippen LogP contribution in [0.3, 0.4) is 0 Å². The molecule has 5 rings (SSSR count). The van der Waals surface area contributed by atoms with Crippen molar-refractivity contribution in [2.45, 2.75) is 12.5 Å². The second-order valence-electron chi connectivity index (χ2n) is 7.89. The number of nitrogens with two attached hydrogens (primary N) is 2. The highest BCUT2D eigenvalue weighted by molar-refractivity contribution is 6.33. The van der Waals surface area contributed by atoms with Crippen LogP contribution in [-0.2, 0) is 4.79 Å². The van der Waals surface area contributed by atoms with Crippen LogP contribution in [0.5, 0.6) is 0 Å². The number of fused-ring (bicyclic) bond motifs is 1. The van der Waals surface area contributed by atoms with Crippen LogP contribution in [0, 0.1) is 6.92 Å². The van der Waals surface area contributed by atoms with Gasteiger partial charge in [-0.15, -0.1) is 0 Å². The van der Waals surface area contributed by atoms with Crippen LogP contribution in [0.15, 0.2) is 48.5 Å². The number of aryl methyl sites for hydroxylation is 1. The summed E-state index contributed by atoms with van der Waals surface area (Å²) < 4.78 is 1.69. The first-order chi connectivity index (χ1) is 15.3. The van der Waals surface area contributed by atoms with E-state index in [0.717, 1.165) is 16.7 Å². The Kier molecular flexibility index (Phi) is 4.81. The first-order valence-electron chi connectivity index (χ1n) is 9.89. The molecular formula is C22H19Cl2N7O. The molecule has 4 aromatic rings. The summed E-state index contributed by atoms with van der Waals surface area (Å²) in [5.74, 6) is 0.545. The van der Waals surface area contributed by atoms with Crippen LogP contribution in [0.4, 0.5) is 5.95 Å². The molecule has 2 aromatic heterocycles. The predicted octanol–water partition coefficient (Wildman–Crippen LogP) is 3.08. The lowest BCUT2D eigenvalue weighted by Gasteiger charge is -2.45. The number of carbonyl (C=O) groups excluding carboxylic acids is 1. The van der Waals surface area contributed by atoms with Gasteiger partial charge in [-0.3, -0.25) is 4.79 Å². The number of nitrogens with zero attached hydrogens (tertiary/aromatic N) is 5. The summed E-state index contributed by atoms with van der Waals surface area (Å²) >= 11 is 12.6. The van der Waals surface area contributed by atoms with Crippen LogP contribution >= 0.6 is 23.2 Å². The highest BCUT2D eigenvalue weighted by Crippen LogP contribution is 2.38. The molecule has 4 N–H and O–H groups in total. The molecule has 1 amide bonds. The van der Waals surface area contributed by atoms with Gasteiger partial charge in [0, 0.05) is 23.7 Å². The summed E-state index contributed by atoms with van der Waals surface area (Å²) in [5.41, 5.74) is 14.1. The number of anilines is 1. The smallest absolute Gasteiger partial charge is 0.241 e. The summed E-state index contributed by atoms with van der Waals surface area (Å²) in [6, 6.07) is 15.0. The molecule has 8 nitrogen and oxygen atoms in total. The minimum Gasteiger partial charge on any atom is -0.368 e. The Morgan fingerprint density at radius 2 is 1.75 bits per heavy atom. The van der Waals surface area contributed by atoms with Crippen LogP contribution < -0.4 is 16.4 Å². The molecular weight excluding hydrogens is 449 g/mol. The largest absolute Gasteiger partial charge is 0.368 e. The normalized spacial score (nSPS) is 15.1. The number of halogens is 2. The van der Waals surface area contributed by atoms with Gasteiger partial charge in [-0.1, -0.05) is 53.5 Å². The van der Waals surface area contributed by atoms with Crippen molar-refractivity contribution in [2.24, 2.45) is 11.5 Å². The molecule has 0 aliphatic carbocycles. The summed E-state index contributed by atoms with van der Waals surface area (Å²) in [6.07, 6.45) is 0. The van der Waals surface area contributed by atoms with Gasteiger partial charge in [0.05, 0.1) is 10.6 Å². The van der Waals surface area contributed by atoms with Crippen molar-refractivity contribution >= 4 is 40.7 Å². The minimum atomic E-state index is -1.08. The maximum Gasteiger partial charge on any atom is 0.241 e. The van der Waals surface area contributed by atoms with E-state index in [4.69, 9.17) is 44.8 Å². The molecule has 3 heterocycles. The average molecular weight is 468 g/mol. The molecule has 10 heteroatoms. The van der Waals surface area contributed by atoms with Crippen LogP contribution in [0.2, 0.25) is 10.0 Å². The lowest BCUT2D eigenvalue weighted by atomic mass is 9.91. The fourth-order valence-corrected chi connectivity index (χ4v) is 4.20. The fraction of sp³-hybridized carbons (Fsp3) is 0.182. The molecule has 0 unspecified atom stereocenters. The van der Waals surface area contributed by atoms with E-state index in [-0.39, 0.29) is 13.1 Å². The van der Waals surface area contributed by atoms with Crippen molar-refractivity contribution < 1.29 is 4.79 Å². The number of rotatable bonds is 4. The average Bonchev–Trinajstić information content (AvgIpc) is 3.12. The fourth-order valence-electron chi connectivity index (χ4n) is 3.85. The minimum absolute atomic E-state index is 0.250. The van der Waals surface area contributed by atoms with Gasteiger partial charge in [-0.05, 0) is 30.7 Å². The monoisotopic (exact) mass is 467 g/mol. The van der Waals surface area contributed by atoms with Crippen molar-refractivity contribution in [3.05, 3.63) is 64.4 Å². The quantitative estimate of drug-likeness (QED) is 0.476. The molecule has 0 atom stereocenters. The lowest BCUT2D eigenvalue weighted by Crippen LogP contribution is -2.73. The van der Waals surface area contributed by atoms with E-state index in [1.807, 2.05) is 60.4 Å². The maximum atomic E-state index is 11.6. The second kappa shape index (κ2) is 7.44. The molecule has 0 radical (unpaired) electrons. The van der Waals surface area contributed by atoms with Crippen LogP contribution in [0.25, 0.3) is 28.0 Å². The first kappa shape index (κ1) is 20.7. The molecule has 0 saturated carbocycles. The molecule has 162 valence electrons. The Bertz CT molecular complexity index is 1360. The lowest BCUT2D eigenvalue weighted by molar-refractivity contribution is -0.124. The molecule has 1 aliphatic heterocycles. The van der Waals surface area contributed by atoms with E-state index in [1.54, 1.807) is 4.52 Å². The van der Waals surface area contributed by atoms with E-state index in [9.17, 15) is 4.79 Å². The maximum absolute atomic E-state index is 11.6. The Morgan fingerprint density at radius 1 is 1.06 bits per heavy atom. The van der Waals surface area contributed by atoms with Gasteiger partial charge >= 0.3 is 0 Å². The van der Waals surface area contributed by atoms with E-state index >= 15 is 0 Å². The van der Waals surface area contributed by atoms with E-state index in [1.165, 1.54) is 0 Å². The highest BCUT2D eigenvalue weighted by atomic mass is 35.5. The Labute approximate surface area is 193 Å². The SMILES string of the molecule is Cc1nc(N2CC(N)(C(N)=O)C2)nc2c(-c3ccc(Cl)cc3)c(-c3ccccc3Cl)nn12. The molecule has 1 saturated heterocycles. The van der Waals surface area contributed by atoms with Crippen molar-refractivity contribution in [1.29, 1.82) is 0 Å². The molecule has 0 bridgehead atoms. The third-order valence-corrected chi connectivity index (χ3v) is 6.20. The van der Waals surface area contributed by atoms with Gasteiger partial charge in [0.2, 0.25) is 11.9 Å². The standard InChI is InChI=1S/C22H19Cl2N7O/c1-12-27-21(30-10-22(26,11-30)20(25)32)28-19-17(13-6-8-14(23)9-7-13)18(29-31(12)19)15-4-2-3-5-16(15)24/h2-9H,10-11,26H2,1H3,(H2,25,32). The van der Waals surface area contributed by atoms with E-state index in [0.29, 0.717) is 33.2 Å². The molecule has 32 heavy (non-hydrogen) atoms. The summed E-state index contributed by atoms with van der Waals surface area (Å²) in [5, 5.41) is 6.01. The molecule has 1 fully saturated rings. The third-order valence-electron chi connectivity index (χ3n) is 5.62. The van der Waals surface area contributed by atoms with Crippen molar-refractivity contribution in [1.82, 2.24) is 19.6 Å². The number of primary amides is 1. The van der Waals surface area contributed by atoms with Gasteiger partial charge < -0.3 is 16.4 Å². The third kappa shape index (κ3) is 3.28. The summed E-state index contributed by atoms with van der Waals surface area (Å²) in [4.78, 5) is 22.8. The zero-order chi connectivity index (χ0) is 22.6. The van der Waals surface area contributed by atoms with Crippen molar-refractivity contribution in [2.75, 3.05) is 18.0 Å². The van der Waals surface area contributed by atoms with Gasteiger partial charge in [0.15, 0.2) is 5.65 Å². The van der Waals surface area contributed by atoms with E-state index < -0.39 is 11.4 Å². The van der Waals surface area contributed by atoms with Crippen LogP contribution in [0.1, 0.15) is 5.82 Å².